The lowest BCUT2D eigenvalue weighted by molar-refractivity contribution is 0.0963. The quantitative estimate of drug-likeness (QED) is 0.521. The largest absolute Gasteiger partial charge is 0.357 e. The number of guanidine groups is 1. The minimum Gasteiger partial charge on any atom is -0.357 e. The molecule has 24 heavy (non-hydrogen) atoms. The molecule has 6 heteroatoms. The summed E-state index contributed by atoms with van der Waals surface area (Å²) in [6.45, 7) is 4.61. The van der Waals surface area contributed by atoms with E-state index in [1.165, 1.54) is 18.6 Å². The van der Waals surface area contributed by atoms with Crippen molar-refractivity contribution in [2.75, 3.05) is 32.4 Å². The van der Waals surface area contributed by atoms with Crippen molar-refractivity contribution in [1.82, 2.24) is 16.0 Å². The zero-order valence-electron chi connectivity index (χ0n) is 14.6. The Morgan fingerprint density at radius 2 is 2.25 bits per heavy atom. The average molecular weight is 349 g/mol. The van der Waals surface area contributed by atoms with Gasteiger partial charge in [0.15, 0.2) is 5.96 Å². The summed E-state index contributed by atoms with van der Waals surface area (Å²) in [5.41, 5.74) is 1.85. The van der Waals surface area contributed by atoms with Crippen LogP contribution < -0.4 is 16.0 Å². The number of hydrogen-bond donors (Lipinski definition) is 3. The zero-order chi connectivity index (χ0) is 17.2. The van der Waals surface area contributed by atoms with Gasteiger partial charge in [0.05, 0.1) is 6.54 Å². The Kier molecular flexibility index (Phi) is 7.95. The van der Waals surface area contributed by atoms with Crippen molar-refractivity contribution in [3.63, 3.8) is 0 Å². The van der Waals surface area contributed by atoms with Gasteiger partial charge in [-0.05, 0) is 49.6 Å². The van der Waals surface area contributed by atoms with Crippen LogP contribution in [0.15, 0.2) is 29.3 Å². The van der Waals surface area contributed by atoms with Crippen molar-refractivity contribution in [3.05, 3.63) is 35.4 Å². The van der Waals surface area contributed by atoms with Gasteiger partial charge >= 0.3 is 0 Å². The van der Waals surface area contributed by atoms with Gasteiger partial charge in [-0.25, -0.2) is 0 Å². The Hall–Kier alpha value is -1.69. The fraction of sp³-hybridized carbons (Fsp3) is 0.556. The normalized spacial score (nSPS) is 17.6. The number of thioether (sulfide) groups is 1. The van der Waals surface area contributed by atoms with Crippen LogP contribution in [0, 0.1) is 0 Å². The molecule has 1 saturated heterocycles. The maximum Gasteiger partial charge on any atom is 0.251 e. The lowest BCUT2D eigenvalue weighted by Gasteiger charge is -2.13. The molecule has 0 aliphatic carbocycles. The van der Waals surface area contributed by atoms with Crippen molar-refractivity contribution in [1.29, 1.82) is 0 Å². The third kappa shape index (κ3) is 6.07. The number of aliphatic imine (C=N–C) groups is 1. The van der Waals surface area contributed by atoms with Crippen LogP contribution in [0.4, 0.5) is 0 Å². The van der Waals surface area contributed by atoms with Crippen molar-refractivity contribution in [2.24, 2.45) is 4.99 Å². The summed E-state index contributed by atoms with van der Waals surface area (Å²) < 4.78 is 0. The number of amides is 1. The summed E-state index contributed by atoms with van der Waals surface area (Å²) in [5.74, 6) is 2.10. The first-order valence-corrected chi connectivity index (χ1v) is 9.72. The second kappa shape index (κ2) is 10.2. The lowest BCUT2D eigenvalue weighted by atomic mass is 10.1. The molecular weight excluding hydrogens is 320 g/mol. The number of benzene rings is 1. The highest BCUT2D eigenvalue weighted by molar-refractivity contribution is 8.00. The average Bonchev–Trinajstić information content (AvgIpc) is 3.12. The number of nitrogens with zero attached hydrogens (tertiary/aromatic N) is 1. The molecule has 0 spiro atoms. The number of hydrogen-bond acceptors (Lipinski definition) is 3. The third-order valence-corrected chi connectivity index (χ3v) is 5.32. The fourth-order valence-corrected chi connectivity index (χ4v) is 3.84. The molecule has 5 nitrogen and oxygen atoms in total. The van der Waals surface area contributed by atoms with Crippen LogP contribution in [0.25, 0.3) is 0 Å². The summed E-state index contributed by atoms with van der Waals surface area (Å²) in [6.07, 6.45) is 3.45. The summed E-state index contributed by atoms with van der Waals surface area (Å²) in [5, 5.41) is 10.0. The topological polar surface area (TPSA) is 65.5 Å². The molecule has 3 N–H and O–H groups in total. The molecule has 1 aromatic carbocycles. The highest BCUT2D eigenvalue weighted by atomic mass is 32.2. The van der Waals surface area contributed by atoms with Crippen molar-refractivity contribution >= 4 is 23.6 Å². The molecule has 1 unspecified atom stereocenters. The Morgan fingerprint density at radius 3 is 2.96 bits per heavy atom. The molecule has 1 aromatic rings. The van der Waals surface area contributed by atoms with Gasteiger partial charge in [-0.15, -0.1) is 0 Å². The van der Waals surface area contributed by atoms with Crippen LogP contribution in [-0.2, 0) is 6.42 Å². The van der Waals surface area contributed by atoms with Gasteiger partial charge in [0.25, 0.3) is 5.91 Å². The molecule has 1 aliphatic heterocycles. The van der Waals surface area contributed by atoms with Gasteiger partial charge in [-0.1, -0.05) is 12.1 Å². The summed E-state index contributed by atoms with van der Waals surface area (Å²) in [6, 6.07) is 7.75. The predicted octanol–water partition coefficient (Wildman–Crippen LogP) is 2.04. The molecule has 1 fully saturated rings. The van der Waals surface area contributed by atoms with Crippen LogP contribution >= 0.6 is 11.8 Å². The van der Waals surface area contributed by atoms with Crippen LogP contribution in [0.5, 0.6) is 0 Å². The number of nitrogens with one attached hydrogen (secondary N) is 3. The summed E-state index contributed by atoms with van der Waals surface area (Å²) >= 11 is 2.03. The van der Waals surface area contributed by atoms with Crippen LogP contribution in [0.1, 0.15) is 35.7 Å². The molecular formula is C18H28N4OS. The Labute approximate surface area is 149 Å². The number of carbonyl (C=O) groups is 1. The van der Waals surface area contributed by atoms with E-state index in [0.717, 1.165) is 37.6 Å². The molecule has 2 rings (SSSR count). The Morgan fingerprint density at radius 1 is 1.38 bits per heavy atom. The van der Waals surface area contributed by atoms with Gasteiger partial charge in [0, 0.05) is 31.0 Å². The van der Waals surface area contributed by atoms with Gasteiger partial charge in [-0.3, -0.25) is 9.79 Å². The van der Waals surface area contributed by atoms with E-state index < -0.39 is 0 Å². The highest BCUT2D eigenvalue weighted by Gasteiger charge is 2.14. The third-order valence-electron chi connectivity index (χ3n) is 3.94. The minimum absolute atomic E-state index is 0.0474. The maximum atomic E-state index is 11.7. The van der Waals surface area contributed by atoms with Gasteiger partial charge in [0.1, 0.15) is 0 Å². The van der Waals surface area contributed by atoms with E-state index in [4.69, 9.17) is 4.99 Å². The predicted molar refractivity (Wildman–Crippen MR) is 103 cm³/mol. The second-order valence-electron chi connectivity index (χ2n) is 5.81. The maximum absolute atomic E-state index is 11.7. The smallest absolute Gasteiger partial charge is 0.251 e. The van der Waals surface area contributed by atoms with Crippen LogP contribution in [0.3, 0.4) is 0 Å². The first kappa shape index (κ1) is 18.6. The standard InChI is InChI=1S/C18H28N4OS/c1-3-20-18(22-13-16-8-5-11-24-16)21-10-9-14-6-4-7-15(12-14)17(23)19-2/h4,6-7,12,16H,3,5,8-11,13H2,1-2H3,(H,19,23)(H2,20,21,22). The van der Waals surface area contributed by atoms with Gasteiger partial charge in [0.2, 0.25) is 0 Å². The van der Waals surface area contributed by atoms with E-state index in [-0.39, 0.29) is 5.91 Å². The second-order valence-corrected chi connectivity index (χ2v) is 7.22. The van der Waals surface area contributed by atoms with Gasteiger partial charge in [-0.2, -0.15) is 11.8 Å². The fourth-order valence-electron chi connectivity index (χ4n) is 2.66. The van der Waals surface area contributed by atoms with Crippen molar-refractivity contribution in [3.8, 4) is 0 Å². The van der Waals surface area contributed by atoms with E-state index in [2.05, 4.69) is 22.9 Å². The molecule has 1 heterocycles. The van der Waals surface area contributed by atoms with Crippen LogP contribution in [0.2, 0.25) is 0 Å². The zero-order valence-corrected chi connectivity index (χ0v) is 15.4. The van der Waals surface area contributed by atoms with E-state index in [1.54, 1.807) is 7.05 Å². The van der Waals surface area contributed by atoms with Crippen LogP contribution in [-0.4, -0.2) is 49.6 Å². The Balaban J connectivity index is 1.83. The lowest BCUT2D eigenvalue weighted by Crippen LogP contribution is -2.38. The number of rotatable bonds is 7. The first-order valence-electron chi connectivity index (χ1n) is 8.67. The summed E-state index contributed by atoms with van der Waals surface area (Å²) in [7, 11) is 1.65. The molecule has 1 amide bonds. The molecule has 0 radical (unpaired) electrons. The molecule has 0 saturated carbocycles. The highest BCUT2D eigenvalue weighted by Crippen LogP contribution is 2.25. The first-order chi connectivity index (χ1) is 11.7. The van der Waals surface area contributed by atoms with Gasteiger partial charge < -0.3 is 16.0 Å². The molecule has 0 aromatic heterocycles. The van der Waals surface area contributed by atoms with E-state index in [9.17, 15) is 4.79 Å². The van der Waals surface area contributed by atoms with E-state index >= 15 is 0 Å². The van der Waals surface area contributed by atoms with Crippen molar-refractivity contribution < 1.29 is 4.79 Å². The Bertz CT molecular complexity index is 556. The van der Waals surface area contributed by atoms with Crippen molar-refractivity contribution in [2.45, 2.75) is 31.4 Å². The van der Waals surface area contributed by atoms with E-state index in [1.807, 2.05) is 36.0 Å². The molecule has 132 valence electrons. The minimum atomic E-state index is -0.0474. The monoisotopic (exact) mass is 348 g/mol. The molecule has 1 aliphatic rings. The van der Waals surface area contributed by atoms with E-state index in [0.29, 0.717) is 10.8 Å². The number of carbonyl (C=O) groups excluding carboxylic acids is 1. The SMILES string of the molecule is CCNC(=NCC1CCCS1)NCCc1cccc(C(=O)NC)c1. The molecule has 0 bridgehead atoms. The summed E-state index contributed by atoms with van der Waals surface area (Å²) in [4.78, 5) is 16.4. The molecule has 1 atom stereocenters.